The monoisotopic (exact) mass is 521 g/mol. The van der Waals surface area contributed by atoms with Gasteiger partial charge in [0, 0.05) is 11.4 Å². The maximum absolute atomic E-state index is 13.6. The Morgan fingerprint density at radius 2 is 1.71 bits per heavy atom. The molecule has 0 unspecified atom stereocenters. The number of amides is 2. The predicted molar refractivity (Wildman–Crippen MR) is 143 cm³/mol. The van der Waals surface area contributed by atoms with Gasteiger partial charge in [0.2, 0.25) is 5.91 Å². The largest absolute Gasteiger partial charge is 0.321 e. The van der Waals surface area contributed by atoms with Crippen LogP contribution in [0.3, 0.4) is 0 Å². The van der Waals surface area contributed by atoms with Gasteiger partial charge < -0.3 is 5.32 Å². The lowest BCUT2D eigenvalue weighted by molar-refractivity contribution is -0.117. The van der Waals surface area contributed by atoms with Crippen molar-refractivity contribution in [3.05, 3.63) is 104 Å². The molecule has 1 fully saturated rings. The first-order chi connectivity index (χ1) is 16.8. The Hall–Kier alpha value is -3.24. The number of anilines is 2. The lowest BCUT2D eigenvalue weighted by Gasteiger charge is -2.19. The zero-order chi connectivity index (χ0) is 25.1. The van der Waals surface area contributed by atoms with Crippen molar-refractivity contribution in [1.29, 1.82) is 5.26 Å². The summed E-state index contributed by atoms with van der Waals surface area (Å²) in [5, 5.41) is 13.5. The van der Waals surface area contributed by atoms with E-state index in [1.807, 2.05) is 50.2 Å². The fourth-order valence-electron chi connectivity index (χ4n) is 3.87. The van der Waals surface area contributed by atoms with Crippen LogP contribution in [0.5, 0.6) is 0 Å². The molecule has 0 aromatic heterocycles. The molecule has 1 aliphatic heterocycles. The number of nitriles is 1. The van der Waals surface area contributed by atoms with Gasteiger partial charge in [-0.05, 0) is 61.2 Å². The SMILES string of the molecule is Cc1cccc(C)c1NC(=O)/C(C#N)=C1/S[C@@H](Cc2ccc(Cl)c(Cl)c2)C(=O)N1c1ccccc1. The number of hydrogen-bond acceptors (Lipinski definition) is 4. The van der Waals surface area contributed by atoms with Crippen molar-refractivity contribution in [3.63, 3.8) is 0 Å². The van der Waals surface area contributed by atoms with Gasteiger partial charge >= 0.3 is 0 Å². The number of para-hydroxylation sites is 2. The standard InChI is InChI=1S/C27H21Cl2N3O2S/c1-16-7-6-8-17(2)24(16)31-25(33)20(15-30)27-32(19-9-4-3-5-10-19)26(34)23(35-27)14-18-11-12-21(28)22(29)13-18/h3-13,23H,14H2,1-2H3,(H,31,33)/b27-20+/t23-/m0/s1. The molecule has 1 heterocycles. The molecule has 35 heavy (non-hydrogen) atoms. The zero-order valence-corrected chi connectivity index (χ0v) is 21.3. The fourth-order valence-corrected chi connectivity index (χ4v) is 5.50. The number of carbonyl (C=O) groups excluding carboxylic acids is 2. The van der Waals surface area contributed by atoms with E-state index < -0.39 is 11.2 Å². The maximum Gasteiger partial charge on any atom is 0.269 e. The highest BCUT2D eigenvalue weighted by atomic mass is 35.5. The van der Waals surface area contributed by atoms with Crippen LogP contribution in [0.15, 0.2) is 77.3 Å². The normalized spacial score (nSPS) is 16.7. The van der Waals surface area contributed by atoms with Gasteiger partial charge in [0.25, 0.3) is 5.91 Å². The van der Waals surface area contributed by atoms with Crippen molar-refractivity contribution in [3.8, 4) is 6.07 Å². The summed E-state index contributed by atoms with van der Waals surface area (Å²) in [6, 6.07) is 22.0. The van der Waals surface area contributed by atoms with Gasteiger partial charge in [0.15, 0.2) is 0 Å². The number of nitrogens with one attached hydrogen (secondary N) is 1. The Balaban J connectivity index is 1.74. The zero-order valence-electron chi connectivity index (χ0n) is 19.0. The van der Waals surface area contributed by atoms with Gasteiger partial charge in [-0.15, -0.1) is 0 Å². The van der Waals surface area contributed by atoms with Crippen molar-refractivity contribution in [1.82, 2.24) is 0 Å². The summed E-state index contributed by atoms with van der Waals surface area (Å²) in [6.07, 6.45) is 0.366. The topological polar surface area (TPSA) is 73.2 Å². The molecule has 4 rings (SSSR count). The molecule has 1 saturated heterocycles. The van der Waals surface area contributed by atoms with Crippen molar-refractivity contribution >= 4 is 58.2 Å². The van der Waals surface area contributed by atoms with Crippen molar-refractivity contribution in [2.24, 2.45) is 0 Å². The first-order valence-electron chi connectivity index (χ1n) is 10.8. The maximum atomic E-state index is 13.6. The Labute approximate surface area is 218 Å². The van der Waals surface area contributed by atoms with Crippen LogP contribution in [-0.2, 0) is 16.0 Å². The van der Waals surface area contributed by atoms with Crippen molar-refractivity contribution in [2.75, 3.05) is 10.2 Å². The summed E-state index contributed by atoms with van der Waals surface area (Å²) in [5.41, 5.74) is 3.72. The highest BCUT2D eigenvalue weighted by Crippen LogP contribution is 2.42. The highest BCUT2D eigenvalue weighted by molar-refractivity contribution is 8.05. The summed E-state index contributed by atoms with van der Waals surface area (Å²) < 4.78 is 0. The van der Waals surface area contributed by atoms with E-state index in [4.69, 9.17) is 23.2 Å². The third-order valence-corrected chi connectivity index (χ3v) is 7.65. The van der Waals surface area contributed by atoms with E-state index in [9.17, 15) is 14.9 Å². The number of rotatable bonds is 5. The number of hydrogen-bond donors (Lipinski definition) is 1. The van der Waals surface area contributed by atoms with Crippen LogP contribution in [0.25, 0.3) is 0 Å². The van der Waals surface area contributed by atoms with Crippen molar-refractivity contribution in [2.45, 2.75) is 25.5 Å². The van der Waals surface area contributed by atoms with Crippen LogP contribution in [0.2, 0.25) is 10.0 Å². The van der Waals surface area contributed by atoms with Crippen LogP contribution in [0.4, 0.5) is 11.4 Å². The number of carbonyl (C=O) groups is 2. The predicted octanol–water partition coefficient (Wildman–Crippen LogP) is 6.68. The Morgan fingerprint density at radius 1 is 1.03 bits per heavy atom. The molecule has 0 bridgehead atoms. The van der Waals surface area contributed by atoms with Crippen LogP contribution in [0.1, 0.15) is 16.7 Å². The van der Waals surface area contributed by atoms with Crippen LogP contribution >= 0.6 is 35.0 Å². The molecule has 176 valence electrons. The molecule has 8 heteroatoms. The van der Waals surface area contributed by atoms with Crippen LogP contribution in [0, 0.1) is 25.2 Å². The minimum absolute atomic E-state index is 0.119. The van der Waals surface area contributed by atoms with Crippen LogP contribution in [-0.4, -0.2) is 17.1 Å². The molecule has 1 N–H and O–H groups in total. The molecule has 1 aliphatic rings. The Bertz CT molecular complexity index is 1360. The third kappa shape index (κ3) is 5.23. The van der Waals surface area contributed by atoms with Crippen LogP contribution < -0.4 is 10.2 Å². The first-order valence-corrected chi connectivity index (χ1v) is 12.4. The van der Waals surface area contributed by atoms with Gasteiger partial charge in [-0.2, -0.15) is 5.26 Å². The van der Waals surface area contributed by atoms with Gasteiger partial charge in [-0.25, -0.2) is 0 Å². The van der Waals surface area contributed by atoms with E-state index in [0.717, 1.165) is 16.7 Å². The minimum atomic E-state index is -0.559. The average Bonchev–Trinajstić information content (AvgIpc) is 3.15. The summed E-state index contributed by atoms with van der Waals surface area (Å²) in [6.45, 7) is 3.78. The van der Waals surface area contributed by atoms with E-state index in [2.05, 4.69) is 5.32 Å². The van der Waals surface area contributed by atoms with Gasteiger partial charge in [0.1, 0.15) is 16.7 Å². The summed E-state index contributed by atoms with van der Waals surface area (Å²) in [4.78, 5) is 28.3. The lowest BCUT2D eigenvalue weighted by atomic mass is 10.1. The molecular weight excluding hydrogens is 501 g/mol. The fraction of sp³-hybridized carbons (Fsp3) is 0.148. The van der Waals surface area contributed by atoms with Crippen molar-refractivity contribution < 1.29 is 9.59 Å². The molecule has 0 aliphatic carbocycles. The number of thioether (sulfide) groups is 1. The molecule has 0 radical (unpaired) electrons. The summed E-state index contributed by atoms with van der Waals surface area (Å²) in [5.74, 6) is -0.772. The molecular formula is C27H21Cl2N3O2S. The number of aryl methyl sites for hydroxylation is 2. The first kappa shape index (κ1) is 24.9. The minimum Gasteiger partial charge on any atom is -0.321 e. The number of benzene rings is 3. The molecule has 1 atom stereocenters. The van der Waals surface area contributed by atoms with E-state index >= 15 is 0 Å². The van der Waals surface area contributed by atoms with Gasteiger partial charge in [-0.3, -0.25) is 14.5 Å². The van der Waals surface area contributed by atoms with E-state index in [1.54, 1.807) is 36.4 Å². The summed E-state index contributed by atoms with van der Waals surface area (Å²) in [7, 11) is 0. The smallest absolute Gasteiger partial charge is 0.269 e. The summed E-state index contributed by atoms with van der Waals surface area (Å²) >= 11 is 13.4. The molecule has 3 aromatic rings. The lowest BCUT2D eigenvalue weighted by Crippen LogP contribution is -2.31. The van der Waals surface area contributed by atoms with E-state index in [0.29, 0.717) is 32.9 Å². The second-order valence-corrected chi connectivity index (χ2v) is 10.1. The second kappa shape index (κ2) is 10.6. The van der Waals surface area contributed by atoms with Gasteiger partial charge in [0.05, 0.1) is 15.3 Å². The second-order valence-electron chi connectivity index (χ2n) is 8.08. The molecule has 0 spiro atoms. The molecule has 5 nitrogen and oxygen atoms in total. The Kier molecular flexibility index (Phi) is 7.51. The molecule has 2 amide bonds. The number of nitrogens with zero attached hydrogens (tertiary/aromatic N) is 2. The molecule has 0 saturated carbocycles. The average molecular weight is 522 g/mol. The third-order valence-electron chi connectivity index (χ3n) is 5.64. The highest BCUT2D eigenvalue weighted by Gasteiger charge is 2.40. The van der Waals surface area contributed by atoms with Gasteiger partial charge in [-0.1, -0.05) is 77.4 Å². The molecule has 3 aromatic carbocycles. The number of halogens is 2. The quantitative estimate of drug-likeness (QED) is 0.300. The van der Waals surface area contributed by atoms with E-state index in [-0.39, 0.29) is 11.5 Å². The van der Waals surface area contributed by atoms with E-state index in [1.165, 1.54) is 16.7 Å². The Morgan fingerprint density at radius 3 is 2.34 bits per heavy atom.